The molecular formula is C20H21F3N2O5S. The van der Waals surface area contributed by atoms with Crippen molar-refractivity contribution in [1.82, 2.24) is 4.98 Å². The first-order valence-corrected chi connectivity index (χ1v) is 10.5. The van der Waals surface area contributed by atoms with Crippen LogP contribution < -0.4 is 14.8 Å². The minimum absolute atomic E-state index is 0.143. The molecular weight excluding hydrogens is 437 g/mol. The zero-order chi connectivity index (χ0) is 22.5. The summed E-state index contributed by atoms with van der Waals surface area (Å²) < 4.78 is 53.3. The third-order valence-corrected chi connectivity index (χ3v) is 5.71. The molecule has 11 heteroatoms. The van der Waals surface area contributed by atoms with E-state index in [0.717, 1.165) is 18.2 Å². The number of benzene rings is 1. The molecule has 1 N–H and O–H groups in total. The topological polar surface area (TPSA) is 86.8 Å². The number of nitrogens with zero attached hydrogens (tertiary/aromatic N) is 1. The molecule has 7 nitrogen and oxygen atoms in total. The number of alkyl halides is 2. The number of rotatable bonds is 9. The van der Waals surface area contributed by atoms with E-state index >= 15 is 0 Å². The maximum absolute atomic E-state index is 13.4. The molecule has 0 aliphatic heterocycles. The molecule has 1 fully saturated rings. The smallest absolute Gasteiger partial charge is 0.387 e. The molecule has 0 radical (unpaired) electrons. The van der Waals surface area contributed by atoms with Crippen molar-refractivity contribution in [2.24, 2.45) is 5.92 Å². The number of hydrogen-bond acceptors (Lipinski definition) is 7. The number of aryl methyl sites for hydroxylation is 1. The first-order chi connectivity index (χ1) is 14.8. The summed E-state index contributed by atoms with van der Waals surface area (Å²) in [5.41, 5.74) is 0.192. The summed E-state index contributed by atoms with van der Waals surface area (Å²) in [5, 5.41) is 2.99. The zero-order valence-corrected chi connectivity index (χ0v) is 17.6. The minimum atomic E-state index is -3.07. The van der Waals surface area contributed by atoms with Crippen molar-refractivity contribution in [3.05, 3.63) is 34.6 Å². The molecule has 0 atom stereocenters. The van der Waals surface area contributed by atoms with Gasteiger partial charge in [0, 0.05) is 16.9 Å². The number of anilines is 1. The van der Waals surface area contributed by atoms with Gasteiger partial charge in [0.15, 0.2) is 22.3 Å². The maximum Gasteiger partial charge on any atom is 0.387 e. The lowest BCUT2D eigenvalue weighted by atomic mass is 9.81. The molecule has 1 aliphatic rings. The van der Waals surface area contributed by atoms with Gasteiger partial charge in [-0.3, -0.25) is 4.79 Å². The Morgan fingerprint density at radius 3 is 2.65 bits per heavy atom. The quantitative estimate of drug-likeness (QED) is 0.560. The second-order valence-corrected chi connectivity index (χ2v) is 7.82. The summed E-state index contributed by atoms with van der Waals surface area (Å²) in [6, 6.07) is 3.02. The van der Waals surface area contributed by atoms with E-state index < -0.39 is 30.4 Å². The van der Waals surface area contributed by atoms with Crippen molar-refractivity contribution in [2.45, 2.75) is 45.8 Å². The van der Waals surface area contributed by atoms with Crippen molar-refractivity contribution in [3.8, 4) is 11.5 Å². The molecule has 31 heavy (non-hydrogen) atoms. The van der Waals surface area contributed by atoms with Crippen LogP contribution in [0.5, 0.6) is 11.5 Å². The lowest BCUT2D eigenvalue weighted by Crippen LogP contribution is -2.40. The first-order valence-electron chi connectivity index (χ1n) is 9.69. The Kier molecular flexibility index (Phi) is 7.37. The third kappa shape index (κ3) is 5.66. The Morgan fingerprint density at radius 1 is 1.26 bits per heavy atom. The van der Waals surface area contributed by atoms with Crippen molar-refractivity contribution >= 4 is 28.3 Å². The van der Waals surface area contributed by atoms with Gasteiger partial charge in [-0.15, -0.1) is 11.3 Å². The van der Waals surface area contributed by atoms with Crippen LogP contribution in [-0.2, 0) is 16.0 Å². The fraction of sp³-hybridized carbons (Fsp3) is 0.450. The largest absolute Gasteiger partial charge is 0.486 e. The molecule has 0 bridgehead atoms. The van der Waals surface area contributed by atoms with Gasteiger partial charge in [-0.1, -0.05) is 6.92 Å². The van der Waals surface area contributed by atoms with Gasteiger partial charge in [0.25, 0.3) is 0 Å². The van der Waals surface area contributed by atoms with Gasteiger partial charge in [0.2, 0.25) is 5.91 Å². The van der Waals surface area contributed by atoms with E-state index in [1.165, 1.54) is 11.3 Å². The Balaban J connectivity index is 1.57. The molecule has 1 aromatic carbocycles. The minimum Gasteiger partial charge on any atom is -0.486 e. The van der Waals surface area contributed by atoms with E-state index in [-0.39, 0.29) is 29.7 Å². The molecule has 2 aromatic rings. The van der Waals surface area contributed by atoms with Crippen LogP contribution in [-0.4, -0.2) is 36.2 Å². The Bertz CT molecular complexity index is 947. The second kappa shape index (κ2) is 9.99. The second-order valence-electron chi connectivity index (χ2n) is 6.73. The lowest BCUT2D eigenvalue weighted by molar-refractivity contribution is -0.125. The van der Waals surface area contributed by atoms with Crippen LogP contribution in [0, 0.1) is 11.7 Å². The molecule has 3 rings (SSSR count). The number of aromatic nitrogens is 1. The van der Waals surface area contributed by atoms with Crippen molar-refractivity contribution in [3.63, 3.8) is 0 Å². The SMILES string of the molecule is CCOC(=O)c1nc(NC(=O)C2CC(Oc3cc(F)ccc3OC(F)F)C2)sc1CC. The highest BCUT2D eigenvalue weighted by Gasteiger charge is 2.37. The number of halogens is 3. The standard InChI is InChI=1S/C20H21F3N2O5S/c1-3-15-16(18(27)28-4-2)24-20(31-15)25-17(26)10-7-12(8-10)29-14-9-11(21)5-6-13(14)30-19(22)23/h5-6,9-10,12,19H,3-4,7-8H2,1-2H3,(H,24,25,26). The third-order valence-electron chi connectivity index (χ3n) is 4.60. The molecule has 0 spiro atoms. The van der Waals surface area contributed by atoms with Gasteiger partial charge >= 0.3 is 12.6 Å². The molecule has 1 heterocycles. The Labute approximate surface area is 180 Å². The average Bonchev–Trinajstić information content (AvgIpc) is 3.09. The van der Waals surface area contributed by atoms with Gasteiger partial charge in [0.05, 0.1) is 6.61 Å². The van der Waals surface area contributed by atoms with E-state index in [0.29, 0.717) is 29.3 Å². The summed E-state index contributed by atoms with van der Waals surface area (Å²) in [5.74, 6) is -2.29. The molecule has 1 aromatic heterocycles. The van der Waals surface area contributed by atoms with Gasteiger partial charge < -0.3 is 19.5 Å². The summed E-state index contributed by atoms with van der Waals surface area (Å²) in [4.78, 5) is 29.3. The van der Waals surface area contributed by atoms with E-state index in [1.54, 1.807) is 6.92 Å². The summed E-state index contributed by atoms with van der Waals surface area (Å²) in [6.07, 6.45) is 0.744. The van der Waals surface area contributed by atoms with Crippen LogP contribution >= 0.6 is 11.3 Å². The number of amides is 1. The number of nitrogens with one attached hydrogen (secondary N) is 1. The van der Waals surface area contributed by atoms with Gasteiger partial charge in [-0.05, 0) is 38.3 Å². The maximum atomic E-state index is 13.4. The average molecular weight is 458 g/mol. The Morgan fingerprint density at radius 2 is 2.00 bits per heavy atom. The predicted molar refractivity (Wildman–Crippen MR) is 106 cm³/mol. The highest BCUT2D eigenvalue weighted by atomic mass is 32.1. The summed E-state index contributed by atoms with van der Waals surface area (Å²) >= 11 is 1.20. The van der Waals surface area contributed by atoms with Gasteiger partial charge in [0.1, 0.15) is 11.9 Å². The summed E-state index contributed by atoms with van der Waals surface area (Å²) in [7, 11) is 0. The molecule has 168 valence electrons. The fourth-order valence-corrected chi connectivity index (χ4v) is 3.93. The number of ether oxygens (including phenoxy) is 3. The van der Waals surface area contributed by atoms with Crippen molar-refractivity contribution < 1.29 is 37.0 Å². The lowest BCUT2D eigenvalue weighted by Gasteiger charge is -2.34. The fourth-order valence-electron chi connectivity index (χ4n) is 3.03. The molecule has 0 unspecified atom stereocenters. The van der Waals surface area contributed by atoms with Crippen LogP contribution in [0.2, 0.25) is 0 Å². The Hall–Kier alpha value is -2.82. The molecule has 1 saturated carbocycles. The molecule has 1 aliphatic carbocycles. The number of carbonyl (C=O) groups excluding carboxylic acids is 2. The molecule has 1 amide bonds. The number of thiazole rings is 1. The highest BCUT2D eigenvalue weighted by molar-refractivity contribution is 7.16. The first kappa shape index (κ1) is 22.9. The predicted octanol–water partition coefficient (Wildman–Crippen LogP) is 4.42. The van der Waals surface area contributed by atoms with Crippen LogP contribution in [0.4, 0.5) is 18.3 Å². The van der Waals surface area contributed by atoms with Crippen LogP contribution in [0.15, 0.2) is 18.2 Å². The van der Waals surface area contributed by atoms with E-state index in [2.05, 4.69) is 15.0 Å². The number of hydrogen-bond donors (Lipinski definition) is 1. The van der Waals surface area contributed by atoms with Crippen molar-refractivity contribution in [2.75, 3.05) is 11.9 Å². The van der Waals surface area contributed by atoms with E-state index in [4.69, 9.17) is 9.47 Å². The monoisotopic (exact) mass is 458 g/mol. The van der Waals surface area contributed by atoms with E-state index in [9.17, 15) is 22.8 Å². The molecule has 0 saturated heterocycles. The van der Waals surface area contributed by atoms with E-state index in [1.807, 2.05) is 6.92 Å². The normalized spacial score (nSPS) is 17.7. The number of carbonyl (C=O) groups is 2. The van der Waals surface area contributed by atoms with Crippen LogP contribution in [0.3, 0.4) is 0 Å². The van der Waals surface area contributed by atoms with Crippen LogP contribution in [0.25, 0.3) is 0 Å². The van der Waals surface area contributed by atoms with Gasteiger partial charge in [-0.2, -0.15) is 8.78 Å². The highest BCUT2D eigenvalue weighted by Crippen LogP contribution is 2.37. The van der Waals surface area contributed by atoms with Gasteiger partial charge in [-0.25, -0.2) is 14.2 Å². The van der Waals surface area contributed by atoms with Crippen molar-refractivity contribution in [1.29, 1.82) is 0 Å². The van der Waals surface area contributed by atoms with Crippen LogP contribution in [0.1, 0.15) is 42.1 Å². The zero-order valence-electron chi connectivity index (χ0n) is 16.8. The summed E-state index contributed by atoms with van der Waals surface area (Å²) in [6.45, 7) is 0.715. The number of esters is 1.